The molecule has 2 atom stereocenters. The molecule has 2 rings (SSSR count). The van der Waals surface area contributed by atoms with Crippen molar-refractivity contribution >= 4 is 17.5 Å². The van der Waals surface area contributed by atoms with Crippen molar-refractivity contribution in [2.75, 3.05) is 6.61 Å². The zero-order chi connectivity index (χ0) is 14.8. The normalized spacial score (nSPS) is 26.1. The fourth-order valence-corrected chi connectivity index (χ4v) is 2.19. The Morgan fingerprint density at radius 1 is 1.45 bits per heavy atom. The lowest BCUT2D eigenvalue weighted by atomic mass is 9.77. The summed E-state index contributed by atoms with van der Waals surface area (Å²) in [5.74, 6) is -2.17. The lowest BCUT2D eigenvalue weighted by molar-refractivity contribution is -0.143. The maximum atomic E-state index is 12.2. The van der Waals surface area contributed by atoms with Gasteiger partial charge in [0.05, 0.1) is 0 Å². The van der Waals surface area contributed by atoms with E-state index in [4.69, 9.17) is 4.74 Å². The van der Waals surface area contributed by atoms with Crippen LogP contribution in [0.5, 0.6) is 0 Å². The van der Waals surface area contributed by atoms with Gasteiger partial charge in [0.2, 0.25) is 0 Å². The molecule has 20 heavy (non-hydrogen) atoms. The number of allylic oxidation sites excluding steroid dienone is 1. The van der Waals surface area contributed by atoms with Crippen molar-refractivity contribution in [1.82, 2.24) is 0 Å². The Morgan fingerprint density at radius 2 is 2.10 bits per heavy atom. The molecule has 1 aromatic rings. The van der Waals surface area contributed by atoms with Crippen LogP contribution in [0, 0.1) is 11.3 Å². The van der Waals surface area contributed by atoms with Crippen LogP contribution >= 0.6 is 0 Å². The molecule has 0 spiro atoms. The summed E-state index contributed by atoms with van der Waals surface area (Å²) in [4.78, 5) is 23.9. The van der Waals surface area contributed by atoms with Crippen molar-refractivity contribution < 1.29 is 19.4 Å². The van der Waals surface area contributed by atoms with Gasteiger partial charge in [-0.2, -0.15) is 0 Å². The SMILES string of the molecule is C=CC1(C)COC(=O)C1C(=O)/C=C(\O)c1ccccc1. The van der Waals surface area contributed by atoms with E-state index in [9.17, 15) is 14.7 Å². The standard InChI is InChI=1S/C16H16O4/c1-3-16(2)10-20-15(19)14(16)13(18)9-12(17)11-7-5-4-6-8-11/h3-9,14,17H,1,10H2,2H3/b12-9-. The third-order valence-electron chi connectivity index (χ3n) is 3.52. The largest absolute Gasteiger partial charge is 0.507 e. The number of carbonyl (C=O) groups is 2. The van der Waals surface area contributed by atoms with Crippen molar-refractivity contribution in [3.8, 4) is 0 Å². The van der Waals surface area contributed by atoms with Gasteiger partial charge in [-0.05, 0) is 0 Å². The minimum Gasteiger partial charge on any atom is -0.507 e. The smallest absolute Gasteiger partial charge is 0.317 e. The average Bonchev–Trinajstić information content (AvgIpc) is 2.76. The molecule has 1 aromatic carbocycles. The third kappa shape index (κ3) is 2.50. The van der Waals surface area contributed by atoms with Crippen LogP contribution in [0.2, 0.25) is 0 Å². The van der Waals surface area contributed by atoms with E-state index in [2.05, 4.69) is 6.58 Å². The number of hydrogen-bond donors (Lipinski definition) is 1. The molecule has 1 aliphatic heterocycles. The van der Waals surface area contributed by atoms with E-state index in [1.807, 2.05) is 6.07 Å². The van der Waals surface area contributed by atoms with Crippen molar-refractivity contribution in [3.05, 3.63) is 54.6 Å². The first-order valence-corrected chi connectivity index (χ1v) is 6.28. The molecule has 1 saturated heterocycles. The van der Waals surface area contributed by atoms with Gasteiger partial charge in [0.15, 0.2) is 5.78 Å². The van der Waals surface area contributed by atoms with Gasteiger partial charge in [0, 0.05) is 17.1 Å². The van der Waals surface area contributed by atoms with Gasteiger partial charge in [-0.1, -0.05) is 43.3 Å². The highest BCUT2D eigenvalue weighted by molar-refractivity contribution is 6.09. The molecule has 4 nitrogen and oxygen atoms in total. The van der Waals surface area contributed by atoms with E-state index in [0.29, 0.717) is 5.56 Å². The van der Waals surface area contributed by atoms with Gasteiger partial charge in [-0.3, -0.25) is 9.59 Å². The first-order chi connectivity index (χ1) is 9.48. The molecule has 2 unspecified atom stereocenters. The van der Waals surface area contributed by atoms with E-state index in [-0.39, 0.29) is 12.4 Å². The highest BCUT2D eigenvalue weighted by Crippen LogP contribution is 2.37. The van der Waals surface area contributed by atoms with Gasteiger partial charge in [-0.15, -0.1) is 6.58 Å². The van der Waals surface area contributed by atoms with E-state index in [1.54, 1.807) is 37.3 Å². The molecule has 0 aliphatic carbocycles. The Labute approximate surface area is 117 Å². The molecule has 0 radical (unpaired) electrons. The maximum Gasteiger partial charge on any atom is 0.317 e. The number of hydrogen-bond acceptors (Lipinski definition) is 4. The summed E-state index contributed by atoms with van der Waals surface area (Å²) in [6, 6.07) is 8.67. The van der Waals surface area contributed by atoms with Crippen LogP contribution in [0.1, 0.15) is 12.5 Å². The van der Waals surface area contributed by atoms with Gasteiger partial charge >= 0.3 is 5.97 Å². The lowest BCUT2D eigenvalue weighted by Crippen LogP contribution is -2.31. The zero-order valence-electron chi connectivity index (χ0n) is 11.2. The fraction of sp³-hybridized carbons (Fsp3) is 0.250. The Morgan fingerprint density at radius 3 is 2.70 bits per heavy atom. The second kappa shape index (κ2) is 5.33. The Kier molecular flexibility index (Phi) is 3.74. The van der Waals surface area contributed by atoms with E-state index in [1.165, 1.54) is 0 Å². The number of aliphatic hydroxyl groups excluding tert-OH is 1. The maximum absolute atomic E-state index is 12.2. The van der Waals surface area contributed by atoms with Crippen molar-refractivity contribution in [1.29, 1.82) is 0 Å². The van der Waals surface area contributed by atoms with E-state index >= 15 is 0 Å². The molecule has 1 N–H and O–H groups in total. The van der Waals surface area contributed by atoms with Crippen LogP contribution in [-0.2, 0) is 14.3 Å². The molecule has 0 saturated carbocycles. The Hall–Kier alpha value is -2.36. The second-order valence-electron chi connectivity index (χ2n) is 5.05. The van der Waals surface area contributed by atoms with Crippen LogP contribution in [0.3, 0.4) is 0 Å². The summed E-state index contributed by atoms with van der Waals surface area (Å²) in [5, 5.41) is 9.94. The number of esters is 1. The summed E-state index contributed by atoms with van der Waals surface area (Å²) < 4.78 is 4.94. The van der Waals surface area contributed by atoms with Gasteiger partial charge in [-0.25, -0.2) is 0 Å². The fourth-order valence-electron chi connectivity index (χ4n) is 2.19. The molecule has 1 fully saturated rings. The number of ether oxygens (including phenoxy) is 1. The van der Waals surface area contributed by atoms with Crippen LogP contribution in [0.15, 0.2) is 49.1 Å². The summed E-state index contributed by atoms with van der Waals surface area (Å²) in [7, 11) is 0. The number of ketones is 1. The number of aliphatic hydroxyl groups is 1. The van der Waals surface area contributed by atoms with Crippen molar-refractivity contribution in [2.24, 2.45) is 11.3 Å². The molecule has 0 aromatic heterocycles. The van der Waals surface area contributed by atoms with Gasteiger partial charge < -0.3 is 9.84 Å². The molecule has 0 amide bonds. The van der Waals surface area contributed by atoms with Crippen molar-refractivity contribution in [2.45, 2.75) is 6.92 Å². The van der Waals surface area contributed by atoms with Crippen LogP contribution in [0.4, 0.5) is 0 Å². The molecule has 1 heterocycles. The topological polar surface area (TPSA) is 63.6 Å². The number of rotatable bonds is 4. The molecular formula is C16H16O4. The lowest BCUT2D eigenvalue weighted by Gasteiger charge is -2.20. The van der Waals surface area contributed by atoms with Gasteiger partial charge in [0.1, 0.15) is 18.3 Å². The Balaban J connectivity index is 2.28. The third-order valence-corrected chi connectivity index (χ3v) is 3.52. The first-order valence-electron chi connectivity index (χ1n) is 6.28. The van der Waals surface area contributed by atoms with Gasteiger partial charge in [0.25, 0.3) is 0 Å². The van der Waals surface area contributed by atoms with Crippen molar-refractivity contribution in [3.63, 3.8) is 0 Å². The summed E-state index contributed by atoms with van der Waals surface area (Å²) >= 11 is 0. The first kappa shape index (κ1) is 14.1. The summed E-state index contributed by atoms with van der Waals surface area (Å²) in [6.07, 6.45) is 2.63. The minimum absolute atomic E-state index is 0.131. The quantitative estimate of drug-likeness (QED) is 0.301. The predicted octanol–water partition coefficient (Wildman–Crippen LogP) is 2.52. The Bertz CT molecular complexity index is 573. The molecule has 0 bridgehead atoms. The van der Waals surface area contributed by atoms with E-state index in [0.717, 1.165) is 6.08 Å². The molecular weight excluding hydrogens is 256 g/mol. The minimum atomic E-state index is -0.953. The second-order valence-corrected chi connectivity index (χ2v) is 5.05. The van der Waals surface area contributed by atoms with Crippen LogP contribution < -0.4 is 0 Å². The van der Waals surface area contributed by atoms with Crippen LogP contribution in [-0.4, -0.2) is 23.5 Å². The van der Waals surface area contributed by atoms with Crippen LogP contribution in [0.25, 0.3) is 5.76 Å². The predicted molar refractivity (Wildman–Crippen MR) is 74.8 cm³/mol. The molecule has 1 aliphatic rings. The van der Waals surface area contributed by atoms with E-state index < -0.39 is 23.1 Å². The zero-order valence-corrected chi connectivity index (χ0v) is 11.2. The highest BCUT2D eigenvalue weighted by atomic mass is 16.5. The number of cyclic esters (lactones) is 1. The average molecular weight is 272 g/mol. The summed E-state index contributed by atoms with van der Waals surface area (Å²) in [5.41, 5.74) is -0.214. The number of benzene rings is 1. The highest BCUT2D eigenvalue weighted by Gasteiger charge is 2.48. The summed E-state index contributed by atoms with van der Waals surface area (Å²) in [6.45, 7) is 5.52. The monoisotopic (exact) mass is 272 g/mol. The molecule has 104 valence electrons. The number of carbonyl (C=O) groups excluding carboxylic acids is 2. The molecule has 4 heteroatoms.